The lowest BCUT2D eigenvalue weighted by molar-refractivity contribution is -0.114. The van der Waals surface area contributed by atoms with Gasteiger partial charge >= 0.3 is 0 Å². The predicted molar refractivity (Wildman–Crippen MR) is 76.5 cm³/mol. The minimum absolute atomic E-state index is 0.0981. The summed E-state index contributed by atoms with van der Waals surface area (Å²) in [6.07, 6.45) is 1.32. The van der Waals surface area contributed by atoms with Crippen LogP contribution >= 0.6 is 0 Å². The Balaban J connectivity index is 2.62. The van der Waals surface area contributed by atoms with Crippen molar-refractivity contribution in [2.45, 2.75) is 32.7 Å². The third-order valence-electron chi connectivity index (χ3n) is 2.65. The molecule has 0 bridgehead atoms. The van der Waals surface area contributed by atoms with Crippen LogP contribution < -0.4 is 16.4 Å². The lowest BCUT2D eigenvalue weighted by atomic mass is 10.1. The van der Waals surface area contributed by atoms with E-state index < -0.39 is 0 Å². The van der Waals surface area contributed by atoms with E-state index in [1.807, 2.05) is 31.2 Å². The number of carbonyl (C=O) groups is 1. The number of nitrogens with zero attached hydrogens (tertiary/aromatic N) is 1. The zero-order valence-electron chi connectivity index (χ0n) is 11.2. The molecule has 1 rings (SSSR count). The van der Waals surface area contributed by atoms with Crippen LogP contribution in [0.1, 0.15) is 26.7 Å². The Morgan fingerprint density at radius 3 is 2.42 bits per heavy atom. The van der Waals surface area contributed by atoms with Gasteiger partial charge in [-0.3, -0.25) is 4.79 Å². The first-order valence-corrected chi connectivity index (χ1v) is 6.15. The maximum atomic E-state index is 10.9. The second-order valence-electron chi connectivity index (χ2n) is 4.30. The van der Waals surface area contributed by atoms with E-state index in [1.54, 1.807) is 0 Å². The molecule has 0 aliphatic carbocycles. The van der Waals surface area contributed by atoms with E-state index in [2.05, 4.69) is 15.8 Å². The van der Waals surface area contributed by atoms with Crippen LogP contribution in [-0.2, 0) is 4.79 Å². The molecule has 0 saturated carbocycles. The van der Waals surface area contributed by atoms with Crippen LogP contribution in [0.4, 0.5) is 11.4 Å². The predicted octanol–water partition coefficient (Wildman–Crippen LogP) is 1.97. The van der Waals surface area contributed by atoms with Crippen molar-refractivity contribution in [1.82, 2.24) is 0 Å². The van der Waals surface area contributed by atoms with Crippen LogP contribution in [0.2, 0.25) is 0 Å². The van der Waals surface area contributed by atoms with Gasteiger partial charge in [0, 0.05) is 30.8 Å². The number of nitrogens with two attached hydrogens (primary N) is 1. The van der Waals surface area contributed by atoms with E-state index in [9.17, 15) is 4.79 Å². The first-order valence-electron chi connectivity index (χ1n) is 6.15. The first-order chi connectivity index (χ1) is 9.05. The highest BCUT2D eigenvalue weighted by atomic mass is 16.4. The number of rotatable bonds is 6. The molecule has 0 saturated heterocycles. The lowest BCUT2D eigenvalue weighted by Crippen LogP contribution is -2.26. The van der Waals surface area contributed by atoms with Gasteiger partial charge in [0.05, 0.1) is 0 Å². The number of amides is 1. The zero-order valence-corrected chi connectivity index (χ0v) is 11.2. The second-order valence-corrected chi connectivity index (χ2v) is 4.30. The summed E-state index contributed by atoms with van der Waals surface area (Å²) in [5.74, 6) is 0.105. The third-order valence-corrected chi connectivity index (χ3v) is 2.65. The van der Waals surface area contributed by atoms with Gasteiger partial charge in [0.15, 0.2) is 0 Å². The highest BCUT2D eigenvalue weighted by Gasteiger charge is 2.08. The number of hydrogen-bond donors (Lipinski definition) is 4. The van der Waals surface area contributed by atoms with E-state index in [4.69, 9.17) is 10.9 Å². The Morgan fingerprint density at radius 2 is 1.95 bits per heavy atom. The van der Waals surface area contributed by atoms with E-state index in [0.29, 0.717) is 6.42 Å². The average Bonchev–Trinajstić information content (AvgIpc) is 2.39. The van der Waals surface area contributed by atoms with Crippen molar-refractivity contribution in [2.75, 3.05) is 10.6 Å². The van der Waals surface area contributed by atoms with Gasteiger partial charge in [-0.1, -0.05) is 12.1 Å². The van der Waals surface area contributed by atoms with Crippen molar-refractivity contribution in [1.29, 1.82) is 0 Å². The molecule has 0 aliphatic rings. The summed E-state index contributed by atoms with van der Waals surface area (Å²) >= 11 is 0. The third kappa shape index (κ3) is 5.29. The summed E-state index contributed by atoms with van der Waals surface area (Å²) in [6, 6.07) is 7.49. The summed E-state index contributed by atoms with van der Waals surface area (Å²) in [7, 11) is 0. The molecule has 6 nitrogen and oxygen atoms in total. The van der Waals surface area contributed by atoms with E-state index in [-0.39, 0.29) is 17.8 Å². The topological polar surface area (TPSA) is 99.7 Å². The highest BCUT2D eigenvalue weighted by Crippen LogP contribution is 2.16. The van der Waals surface area contributed by atoms with Crippen molar-refractivity contribution in [3.8, 4) is 0 Å². The van der Waals surface area contributed by atoms with Crippen molar-refractivity contribution in [2.24, 2.45) is 10.9 Å². The number of anilines is 2. The van der Waals surface area contributed by atoms with E-state index in [1.165, 1.54) is 6.92 Å². The van der Waals surface area contributed by atoms with Gasteiger partial charge in [-0.25, -0.2) is 0 Å². The number of hydrogen-bond acceptors (Lipinski definition) is 4. The van der Waals surface area contributed by atoms with Crippen LogP contribution in [0.5, 0.6) is 0 Å². The maximum absolute atomic E-state index is 10.9. The van der Waals surface area contributed by atoms with Crippen molar-refractivity contribution < 1.29 is 10.0 Å². The fourth-order valence-electron chi connectivity index (χ4n) is 1.68. The molecule has 1 aromatic rings. The van der Waals surface area contributed by atoms with Gasteiger partial charge in [-0.2, -0.15) is 0 Å². The smallest absolute Gasteiger partial charge is 0.221 e. The van der Waals surface area contributed by atoms with Gasteiger partial charge < -0.3 is 21.6 Å². The van der Waals surface area contributed by atoms with Gasteiger partial charge in [0.25, 0.3) is 0 Å². The van der Waals surface area contributed by atoms with Gasteiger partial charge in [-0.15, -0.1) is 0 Å². The van der Waals surface area contributed by atoms with Crippen molar-refractivity contribution in [3.05, 3.63) is 24.3 Å². The molecule has 0 aromatic heterocycles. The SMILES string of the molecule is CCC(CC(N)=NO)Nc1ccc(NC(C)=O)cc1. The van der Waals surface area contributed by atoms with Crippen LogP contribution in [0.25, 0.3) is 0 Å². The fraction of sp³-hybridized carbons (Fsp3) is 0.385. The zero-order chi connectivity index (χ0) is 14.3. The maximum Gasteiger partial charge on any atom is 0.221 e. The Labute approximate surface area is 112 Å². The Morgan fingerprint density at radius 1 is 1.37 bits per heavy atom. The summed E-state index contributed by atoms with van der Waals surface area (Å²) in [5, 5.41) is 17.5. The average molecular weight is 264 g/mol. The molecule has 0 heterocycles. The standard InChI is InChI=1S/C13H20N4O2/c1-3-10(8-13(14)17-19)16-12-6-4-11(5-7-12)15-9(2)18/h4-7,10,16,19H,3,8H2,1-2H3,(H2,14,17)(H,15,18). The molecule has 19 heavy (non-hydrogen) atoms. The van der Waals surface area contributed by atoms with Crippen LogP contribution in [0.15, 0.2) is 29.4 Å². The number of carbonyl (C=O) groups excluding carboxylic acids is 1. The molecule has 104 valence electrons. The molecule has 0 fully saturated rings. The number of benzene rings is 1. The van der Waals surface area contributed by atoms with Crippen LogP contribution in [0, 0.1) is 0 Å². The Hall–Kier alpha value is -2.24. The molecule has 6 heteroatoms. The van der Waals surface area contributed by atoms with Crippen LogP contribution in [0.3, 0.4) is 0 Å². The summed E-state index contributed by atoms with van der Waals surface area (Å²) in [4.78, 5) is 10.9. The molecular formula is C13H20N4O2. The molecule has 0 aliphatic heterocycles. The number of nitrogens with one attached hydrogen (secondary N) is 2. The lowest BCUT2D eigenvalue weighted by Gasteiger charge is -2.17. The number of amidine groups is 1. The molecule has 0 spiro atoms. The molecular weight excluding hydrogens is 244 g/mol. The number of oxime groups is 1. The van der Waals surface area contributed by atoms with Gasteiger partial charge in [0.1, 0.15) is 5.84 Å². The molecule has 5 N–H and O–H groups in total. The van der Waals surface area contributed by atoms with E-state index in [0.717, 1.165) is 17.8 Å². The molecule has 1 aromatic carbocycles. The summed E-state index contributed by atoms with van der Waals surface area (Å²) < 4.78 is 0. The van der Waals surface area contributed by atoms with Crippen molar-refractivity contribution >= 4 is 23.1 Å². The minimum atomic E-state index is -0.0981. The molecule has 0 radical (unpaired) electrons. The quantitative estimate of drug-likeness (QED) is 0.273. The second kappa shape index (κ2) is 7.25. The fourth-order valence-corrected chi connectivity index (χ4v) is 1.68. The van der Waals surface area contributed by atoms with Crippen LogP contribution in [-0.4, -0.2) is 23.0 Å². The Kier molecular flexibility index (Phi) is 5.66. The van der Waals surface area contributed by atoms with Gasteiger partial charge in [-0.05, 0) is 30.7 Å². The molecule has 1 atom stereocenters. The normalized spacial score (nSPS) is 12.8. The summed E-state index contributed by atoms with van der Waals surface area (Å²) in [6.45, 7) is 3.49. The van der Waals surface area contributed by atoms with Crippen molar-refractivity contribution in [3.63, 3.8) is 0 Å². The first kappa shape index (κ1) is 14.8. The van der Waals surface area contributed by atoms with E-state index >= 15 is 0 Å². The largest absolute Gasteiger partial charge is 0.409 e. The van der Waals surface area contributed by atoms with Gasteiger partial charge in [0.2, 0.25) is 5.91 Å². The Bertz CT molecular complexity index is 442. The molecule has 1 unspecified atom stereocenters. The minimum Gasteiger partial charge on any atom is -0.409 e. The summed E-state index contributed by atoms with van der Waals surface area (Å²) in [5.41, 5.74) is 7.17. The molecule has 1 amide bonds. The highest BCUT2D eigenvalue weighted by molar-refractivity contribution is 5.88. The monoisotopic (exact) mass is 264 g/mol.